The van der Waals surface area contributed by atoms with Gasteiger partial charge < -0.3 is 10.1 Å². The molecule has 1 N–H and O–H groups in total. The summed E-state index contributed by atoms with van der Waals surface area (Å²) in [5.41, 5.74) is 2.11. The summed E-state index contributed by atoms with van der Waals surface area (Å²) in [6, 6.07) is 6.19. The van der Waals surface area contributed by atoms with Gasteiger partial charge in [-0.2, -0.15) is 0 Å². The van der Waals surface area contributed by atoms with Gasteiger partial charge in [-0.05, 0) is 25.5 Å². The van der Waals surface area contributed by atoms with E-state index in [-0.39, 0.29) is 5.92 Å². The minimum absolute atomic E-state index is 0.157. The highest BCUT2D eigenvalue weighted by Gasteiger charge is 2.23. The first kappa shape index (κ1) is 17.3. The molecule has 2 rings (SSSR count). The second-order valence-electron chi connectivity index (χ2n) is 5.81. The monoisotopic (exact) mass is 321 g/mol. The van der Waals surface area contributed by atoms with Crippen molar-refractivity contribution >= 4 is 17.2 Å². The molecular formula is C17H27N3OS. The topological polar surface area (TPSA) is 37.4 Å². The van der Waals surface area contributed by atoms with Crippen molar-refractivity contribution in [3.63, 3.8) is 0 Å². The van der Waals surface area contributed by atoms with Crippen LogP contribution >= 0.6 is 12.2 Å². The van der Waals surface area contributed by atoms with Crippen molar-refractivity contribution in [1.82, 2.24) is 15.2 Å². The fraction of sp³-hybridized carbons (Fsp3) is 0.647. The molecule has 2 heterocycles. The number of pyridine rings is 1. The lowest BCUT2D eigenvalue weighted by atomic mass is 10.0. The van der Waals surface area contributed by atoms with Gasteiger partial charge in [-0.1, -0.05) is 31.6 Å². The van der Waals surface area contributed by atoms with Gasteiger partial charge in [-0.15, -0.1) is 0 Å². The molecule has 0 spiro atoms. The highest BCUT2D eigenvalue weighted by Crippen LogP contribution is 2.18. The van der Waals surface area contributed by atoms with Gasteiger partial charge in [0, 0.05) is 31.9 Å². The molecule has 22 heavy (non-hydrogen) atoms. The molecule has 0 bridgehead atoms. The van der Waals surface area contributed by atoms with E-state index < -0.39 is 0 Å². The Labute approximate surface area is 139 Å². The van der Waals surface area contributed by atoms with Crippen LogP contribution in [-0.4, -0.2) is 54.3 Å². The molecule has 1 fully saturated rings. The molecule has 1 aliphatic rings. The number of aromatic nitrogens is 1. The molecule has 1 saturated heterocycles. The fourth-order valence-corrected chi connectivity index (χ4v) is 2.92. The lowest BCUT2D eigenvalue weighted by molar-refractivity contribution is 0.0372. The summed E-state index contributed by atoms with van der Waals surface area (Å²) in [7, 11) is 0. The average Bonchev–Trinajstić information content (AvgIpc) is 2.53. The Morgan fingerprint density at radius 3 is 2.86 bits per heavy atom. The lowest BCUT2D eigenvalue weighted by Gasteiger charge is -2.31. The number of ether oxygens (including phenoxy) is 1. The van der Waals surface area contributed by atoms with E-state index in [1.807, 2.05) is 13.0 Å². The minimum Gasteiger partial charge on any atom is -0.379 e. The quantitative estimate of drug-likeness (QED) is 0.617. The molecule has 0 aromatic carbocycles. The van der Waals surface area contributed by atoms with Crippen LogP contribution in [0.3, 0.4) is 0 Å². The predicted molar refractivity (Wildman–Crippen MR) is 94.5 cm³/mol. The average molecular weight is 321 g/mol. The Balaban J connectivity index is 2.07. The summed E-state index contributed by atoms with van der Waals surface area (Å²) >= 11 is 5.67. The third-order valence-electron chi connectivity index (χ3n) is 3.96. The van der Waals surface area contributed by atoms with Crippen LogP contribution in [0.15, 0.2) is 18.2 Å². The van der Waals surface area contributed by atoms with Gasteiger partial charge in [-0.25, -0.2) is 0 Å². The second kappa shape index (κ2) is 9.18. The second-order valence-corrected chi connectivity index (χ2v) is 6.25. The molecule has 1 atom stereocenters. The van der Waals surface area contributed by atoms with E-state index in [0.29, 0.717) is 0 Å². The van der Waals surface area contributed by atoms with E-state index >= 15 is 0 Å². The van der Waals surface area contributed by atoms with Crippen molar-refractivity contribution in [2.75, 3.05) is 39.4 Å². The minimum atomic E-state index is 0.157. The normalized spacial score (nSPS) is 17.2. The Morgan fingerprint density at radius 2 is 2.18 bits per heavy atom. The van der Waals surface area contributed by atoms with Crippen LogP contribution in [0.5, 0.6) is 0 Å². The molecule has 122 valence electrons. The molecule has 0 aliphatic carbocycles. The molecule has 4 nitrogen and oxygen atoms in total. The van der Waals surface area contributed by atoms with E-state index in [1.54, 1.807) is 0 Å². The third-order valence-corrected chi connectivity index (χ3v) is 4.39. The Morgan fingerprint density at radius 1 is 1.41 bits per heavy atom. The number of morpholine rings is 1. The van der Waals surface area contributed by atoms with E-state index in [2.05, 4.69) is 29.3 Å². The maximum atomic E-state index is 5.67. The van der Waals surface area contributed by atoms with Crippen LogP contribution in [-0.2, 0) is 4.74 Å². The molecule has 1 aromatic rings. The summed E-state index contributed by atoms with van der Waals surface area (Å²) in [6.07, 6.45) is 2.32. The van der Waals surface area contributed by atoms with Gasteiger partial charge in [0.2, 0.25) is 0 Å². The lowest BCUT2D eigenvalue weighted by Crippen LogP contribution is -2.42. The van der Waals surface area contributed by atoms with E-state index in [1.165, 1.54) is 6.42 Å². The van der Waals surface area contributed by atoms with Gasteiger partial charge in [0.25, 0.3) is 0 Å². The largest absolute Gasteiger partial charge is 0.379 e. The molecular weight excluding hydrogens is 294 g/mol. The molecule has 0 amide bonds. The van der Waals surface area contributed by atoms with E-state index in [0.717, 1.165) is 62.2 Å². The molecule has 0 radical (unpaired) electrons. The number of nitrogens with one attached hydrogen (secondary N) is 1. The molecule has 1 aliphatic heterocycles. The van der Waals surface area contributed by atoms with Crippen LogP contribution in [0, 0.1) is 6.92 Å². The Bertz CT molecular complexity index is 475. The van der Waals surface area contributed by atoms with Crippen LogP contribution in [0.4, 0.5) is 0 Å². The maximum Gasteiger partial charge on any atom is 0.0858 e. The zero-order valence-corrected chi connectivity index (χ0v) is 14.5. The van der Waals surface area contributed by atoms with Gasteiger partial charge in [0.1, 0.15) is 0 Å². The van der Waals surface area contributed by atoms with Gasteiger partial charge >= 0.3 is 0 Å². The summed E-state index contributed by atoms with van der Waals surface area (Å²) in [4.78, 5) is 8.04. The SMILES string of the molecule is CCCCNC(=S)C(CN1CCOCC1)c1cccc(C)n1. The van der Waals surface area contributed by atoms with Crippen LogP contribution in [0.2, 0.25) is 0 Å². The highest BCUT2D eigenvalue weighted by molar-refractivity contribution is 7.80. The summed E-state index contributed by atoms with van der Waals surface area (Å²) in [5, 5.41) is 3.42. The van der Waals surface area contributed by atoms with Gasteiger partial charge in [-0.3, -0.25) is 9.88 Å². The molecule has 5 heteroatoms. The summed E-state index contributed by atoms with van der Waals surface area (Å²) < 4.78 is 5.44. The van der Waals surface area contributed by atoms with Crippen molar-refractivity contribution in [2.45, 2.75) is 32.6 Å². The standard InChI is InChI=1S/C17H27N3OS/c1-3-4-8-18-17(22)15(13-20-9-11-21-12-10-20)16-7-5-6-14(2)19-16/h5-7,15H,3-4,8-13H2,1-2H3,(H,18,22). The van der Waals surface area contributed by atoms with Crippen molar-refractivity contribution in [2.24, 2.45) is 0 Å². The third kappa shape index (κ3) is 5.30. The number of rotatable bonds is 7. The number of thiocarbonyl (C=S) groups is 1. The van der Waals surface area contributed by atoms with Crippen molar-refractivity contribution in [3.05, 3.63) is 29.6 Å². The van der Waals surface area contributed by atoms with Gasteiger partial charge in [0.05, 0.1) is 29.8 Å². The van der Waals surface area contributed by atoms with Crippen molar-refractivity contribution in [3.8, 4) is 0 Å². The first-order valence-electron chi connectivity index (χ1n) is 8.22. The Kier molecular flexibility index (Phi) is 7.22. The van der Waals surface area contributed by atoms with E-state index in [4.69, 9.17) is 21.9 Å². The molecule has 1 aromatic heterocycles. The zero-order valence-electron chi connectivity index (χ0n) is 13.7. The Hall–Kier alpha value is -1.04. The number of aryl methyl sites for hydroxylation is 1. The first-order chi connectivity index (χ1) is 10.7. The number of nitrogens with zero attached hydrogens (tertiary/aromatic N) is 2. The van der Waals surface area contributed by atoms with Crippen LogP contribution < -0.4 is 5.32 Å². The van der Waals surface area contributed by atoms with E-state index in [9.17, 15) is 0 Å². The number of hydrogen-bond acceptors (Lipinski definition) is 4. The fourth-order valence-electron chi connectivity index (χ4n) is 2.62. The zero-order chi connectivity index (χ0) is 15.8. The predicted octanol–water partition coefficient (Wildman–Crippen LogP) is 2.52. The summed E-state index contributed by atoms with van der Waals surface area (Å²) in [6.45, 7) is 9.65. The summed E-state index contributed by atoms with van der Waals surface area (Å²) in [5.74, 6) is 0.157. The van der Waals surface area contributed by atoms with Crippen molar-refractivity contribution < 1.29 is 4.74 Å². The highest BCUT2D eigenvalue weighted by atomic mass is 32.1. The van der Waals surface area contributed by atoms with Gasteiger partial charge in [0.15, 0.2) is 0 Å². The smallest absolute Gasteiger partial charge is 0.0858 e. The molecule has 0 saturated carbocycles. The number of unbranched alkanes of at least 4 members (excludes halogenated alkanes) is 1. The first-order valence-corrected chi connectivity index (χ1v) is 8.63. The molecule has 1 unspecified atom stereocenters. The van der Waals surface area contributed by atoms with Crippen molar-refractivity contribution in [1.29, 1.82) is 0 Å². The van der Waals surface area contributed by atoms with Crippen LogP contribution in [0.1, 0.15) is 37.1 Å². The van der Waals surface area contributed by atoms with Crippen LogP contribution in [0.25, 0.3) is 0 Å². The maximum absolute atomic E-state index is 5.67. The number of hydrogen-bond donors (Lipinski definition) is 1.